The molecule has 2 aliphatic carbocycles. The first kappa shape index (κ1) is 56.3. The average Bonchev–Trinajstić information content (AvgIpc) is 4.06. The maximum absolute atomic E-state index is 14.5. The topological polar surface area (TPSA) is 6.48 Å². The Morgan fingerprint density at radius 2 is 0.889 bits per heavy atom. The van der Waals surface area contributed by atoms with Crippen LogP contribution in [0.25, 0.3) is 0 Å². The van der Waals surface area contributed by atoms with Gasteiger partial charge in [0, 0.05) is 49.4 Å². The second-order valence-corrected chi connectivity index (χ2v) is 18.9. The Bertz CT molecular complexity index is 1510. The van der Waals surface area contributed by atoms with E-state index in [1.807, 2.05) is 60.7 Å². The zero-order valence-corrected chi connectivity index (χ0v) is 41.7. The molecule has 2 atom stereocenters. The van der Waals surface area contributed by atoms with Crippen LogP contribution < -0.4 is 9.80 Å². The van der Waals surface area contributed by atoms with Gasteiger partial charge < -0.3 is 9.80 Å². The molecule has 0 heterocycles. The second-order valence-electron chi connectivity index (χ2n) is 18.9. The summed E-state index contributed by atoms with van der Waals surface area (Å²) in [4.78, 5) is 4.38. The average molecular weight is 907 g/mol. The monoisotopic (exact) mass is 907 g/mol. The molecule has 63 heavy (non-hydrogen) atoms. The summed E-state index contributed by atoms with van der Waals surface area (Å²) in [5, 5.41) is 0. The third-order valence-electron chi connectivity index (χ3n) is 13.5. The van der Waals surface area contributed by atoms with E-state index in [4.69, 9.17) is 0 Å². The van der Waals surface area contributed by atoms with Gasteiger partial charge in [-0.3, -0.25) is 0 Å². The molecule has 4 aromatic rings. The van der Waals surface area contributed by atoms with Gasteiger partial charge in [0.25, 0.3) is 0 Å². The summed E-state index contributed by atoms with van der Waals surface area (Å²) in [7, 11) is 0. The summed E-state index contributed by atoms with van der Waals surface area (Å²) in [5.74, 6) is -1.11. The van der Waals surface area contributed by atoms with Crippen LogP contribution in [0.3, 0.4) is 0 Å². The molecule has 348 valence electrons. The Kier molecular flexibility index (Phi) is 28.6. The molecule has 2 nitrogen and oxygen atoms in total. The number of benzene rings is 2. The van der Waals surface area contributed by atoms with Gasteiger partial charge >= 0.3 is 21.7 Å². The van der Waals surface area contributed by atoms with Gasteiger partial charge in [-0.1, -0.05) is 119 Å². The minimum absolute atomic E-state index is 0. The molecule has 0 bridgehead atoms. The standard InChI is InChI=1S/2C23H36F2N.2C5H5.Ti/c2*1-4-6-10-15-23(3,5-2)18-26(17-19-11-8-7-9-12-19)22-14-13-20(24)16-21(22)25;2*1-2-4-5-3-1;/h2*13-14,19H,4-12,15,17-18H2,1-3H3;2*1-5H;/q4*-1;+4. The van der Waals surface area contributed by atoms with Crippen LogP contribution in [0.1, 0.15) is 170 Å². The fraction of sp³-hybridized carbons (Fsp3) is 0.607. The second kappa shape index (κ2) is 31.9. The number of anilines is 2. The maximum atomic E-state index is 14.5. The zero-order valence-electron chi connectivity index (χ0n) is 40.1. The maximum Gasteiger partial charge on any atom is 4.00 e. The van der Waals surface area contributed by atoms with E-state index in [9.17, 15) is 17.6 Å². The van der Waals surface area contributed by atoms with Crippen LogP contribution in [0.4, 0.5) is 28.9 Å². The Hall–Kier alpha value is -2.83. The van der Waals surface area contributed by atoms with Crippen LogP contribution in [0.5, 0.6) is 0 Å². The number of rotatable bonds is 20. The van der Waals surface area contributed by atoms with Gasteiger partial charge in [0.2, 0.25) is 0 Å². The molecule has 0 aromatic heterocycles. The third-order valence-corrected chi connectivity index (χ3v) is 13.5. The minimum Gasteiger partial charge on any atom is -0.420 e. The van der Waals surface area contributed by atoms with Gasteiger partial charge in [0.1, 0.15) is 0 Å². The predicted molar refractivity (Wildman–Crippen MR) is 257 cm³/mol. The fourth-order valence-corrected chi connectivity index (χ4v) is 9.12. The summed E-state index contributed by atoms with van der Waals surface area (Å²) in [6.45, 7) is 17.0. The van der Waals surface area contributed by atoms with E-state index in [-0.39, 0.29) is 32.5 Å². The van der Waals surface area contributed by atoms with Crippen LogP contribution in [0.15, 0.2) is 84.9 Å². The van der Waals surface area contributed by atoms with Crippen LogP contribution >= 0.6 is 0 Å². The van der Waals surface area contributed by atoms with Gasteiger partial charge in [-0.05, 0) is 85.4 Å². The Morgan fingerprint density at radius 3 is 1.16 bits per heavy atom. The molecule has 2 aliphatic rings. The predicted octanol–water partition coefficient (Wildman–Crippen LogP) is 17.1. The van der Waals surface area contributed by atoms with Crippen molar-refractivity contribution in [3.05, 3.63) is 120 Å². The van der Waals surface area contributed by atoms with E-state index < -0.39 is 23.3 Å². The van der Waals surface area contributed by atoms with Crippen molar-refractivity contribution in [2.45, 2.75) is 170 Å². The zero-order chi connectivity index (χ0) is 45.1. The number of hydrogen-bond acceptors (Lipinski definition) is 2. The van der Waals surface area contributed by atoms with Crippen LogP contribution in [0.2, 0.25) is 0 Å². The van der Waals surface area contributed by atoms with E-state index in [1.54, 1.807) is 12.1 Å². The molecule has 2 saturated carbocycles. The summed E-state index contributed by atoms with van der Waals surface area (Å²) < 4.78 is 55.7. The van der Waals surface area contributed by atoms with Gasteiger partial charge in [0.05, 0.1) is 0 Å². The fourth-order valence-electron chi connectivity index (χ4n) is 9.12. The first-order valence-electron chi connectivity index (χ1n) is 24.5. The van der Waals surface area contributed by atoms with Gasteiger partial charge in [-0.25, -0.2) is 41.8 Å². The minimum atomic E-state index is -0.620. The molecule has 2 unspecified atom stereocenters. The molecule has 0 spiro atoms. The number of nitrogens with zero attached hydrogens (tertiary/aromatic N) is 2. The molecule has 0 aliphatic heterocycles. The largest absolute Gasteiger partial charge is 4.00 e. The number of halogens is 4. The van der Waals surface area contributed by atoms with Crippen molar-refractivity contribution in [3.8, 4) is 0 Å². The van der Waals surface area contributed by atoms with Crippen molar-refractivity contribution in [1.29, 1.82) is 0 Å². The Labute approximate surface area is 397 Å². The first-order valence-corrected chi connectivity index (χ1v) is 24.5. The molecule has 0 amide bonds. The van der Waals surface area contributed by atoms with E-state index in [0.717, 1.165) is 51.9 Å². The van der Waals surface area contributed by atoms with Crippen molar-refractivity contribution >= 4 is 11.4 Å². The molecule has 2 fully saturated rings. The van der Waals surface area contributed by atoms with E-state index in [0.29, 0.717) is 23.2 Å². The first-order chi connectivity index (χ1) is 29.9. The summed E-state index contributed by atoms with van der Waals surface area (Å²) in [5.41, 5.74) is 1.36. The third kappa shape index (κ3) is 22.3. The molecule has 0 radical (unpaired) electrons. The Balaban J connectivity index is 0.000000348. The van der Waals surface area contributed by atoms with Crippen LogP contribution in [-0.4, -0.2) is 26.2 Å². The van der Waals surface area contributed by atoms with Crippen molar-refractivity contribution < 1.29 is 39.3 Å². The van der Waals surface area contributed by atoms with Gasteiger partial charge in [-0.15, -0.1) is 36.4 Å². The molecule has 7 heteroatoms. The van der Waals surface area contributed by atoms with Gasteiger partial charge in [0.15, 0.2) is 0 Å². The molecule has 0 saturated heterocycles. The van der Waals surface area contributed by atoms with Crippen molar-refractivity contribution in [2.24, 2.45) is 22.7 Å². The van der Waals surface area contributed by atoms with Crippen LogP contribution in [-0.2, 0) is 21.7 Å². The summed E-state index contributed by atoms with van der Waals surface area (Å²) in [6.07, 6.45) is 24.5. The molecular weight excluding hydrogens is 824 g/mol. The number of unbranched alkanes of at least 4 members (excludes halogenated alkanes) is 4. The smallest absolute Gasteiger partial charge is 0.420 e. The van der Waals surface area contributed by atoms with E-state index in [2.05, 4.69) is 63.5 Å². The van der Waals surface area contributed by atoms with Crippen LogP contribution in [0, 0.1) is 58.1 Å². The summed E-state index contributed by atoms with van der Waals surface area (Å²) in [6, 6.07) is 30.4. The quantitative estimate of drug-likeness (QED) is 0.0377. The summed E-state index contributed by atoms with van der Waals surface area (Å²) >= 11 is 0. The normalized spacial score (nSPS) is 16.0. The Morgan fingerprint density at radius 1 is 0.540 bits per heavy atom. The number of hydrogen-bond donors (Lipinski definition) is 0. The van der Waals surface area contributed by atoms with E-state index >= 15 is 0 Å². The molecule has 6 rings (SSSR count). The molecule has 0 N–H and O–H groups in total. The van der Waals surface area contributed by atoms with E-state index in [1.165, 1.54) is 115 Å². The molecule has 4 aromatic carbocycles. The SMILES string of the molecule is CCCCCC(C)(CC)CN(CC1CCCCC1)c1ccc(F)[c-]c1F.CCCCCC(C)(CC)CN(CC1CCCCC1)c1ccc(F)[c-]c1F.[Ti+4].c1cc[cH-]c1.c1cc[cH-]c1. The van der Waals surface area contributed by atoms with Crippen molar-refractivity contribution in [2.75, 3.05) is 36.0 Å². The van der Waals surface area contributed by atoms with Crippen molar-refractivity contribution in [1.82, 2.24) is 0 Å². The van der Waals surface area contributed by atoms with Gasteiger partial charge in [-0.2, -0.15) is 36.4 Å². The molecular formula is C56H82F4N2Ti. The van der Waals surface area contributed by atoms with Crippen molar-refractivity contribution in [3.63, 3.8) is 0 Å².